The van der Waals surface area contributed by atoms with Gasteiger partial charge in [-0.3, -0.25) is 4.79 Å². The summed E-state index contributed by atoms with van der Waals surface area (Å²) < 4.78 is 12.5. The second-order valence-electron chi connectivity index (χ2n) is 4.25. The largest absolute Gasteiger partial charge is 0.440 e. The van der Waals surface area contributed by atoms with E-state index in [1.807, 2.05) is 6.07 Å². The fourth-order valence-electron chi connectivity index (χ4n) is 1.98. The molecule has 2 aliphatic rings. The van der Waals surface area contributed by atoms with E-state index in [0.29, 0.717) is 28.2 Å². The molecule has 1 amide bonds. The molecular weight excluding hydrogens is 364 g/mol. The lowest BCUT2D eigenvalue weighted by atomic mass is 10.3. The van der Waals surface area contributed by atoms with E-state index in [2.05, 4.69) is 26.1 Å². The number of halogens is 1. The van der Waals surface area contributed by atoms with Gasteiger partial charge in [0.25, 0.3) is 5.91 Å². The summed E-state index contributed by atoms with van der Waals surface area (Å²) in [6.07, 6.45) is 1.70. The Morgan fingerprint density at radius 2 is 2.20 bits per heavy atom. The number of morpholine rings is 1. The number of rotatable bonds is 2. The minimum absolute atomic E-state index is 0.180. The quantitative estimate of drug-likeness (QED) is 0.633. The van der Waals surface area contributed by atoms with Gasteiger partial charge in [0.1, 0.15) is 10.1 Å². The first-order valence-electron chi connectivity index (χ1n) is 6.00. The smallest absolute Gasteiger partial charge is 0.263 e. The molecule has 1 aromatic rings. The minimum atomic E-state index is -0.180. The van der Waals surface area contributed by atoms with Crippen LogP contribution in [-0.2, 0) is 9.53 Å². The van der Waals surface area contributed by atoms with E-state index in [-0.39, 0.29) is 5.91 Å². The average molecular weight is 375 g/mol. The molecule has 0 aliphatic carbocycles. The van der Waals surface area contributed by atoms with Crippen LogP contribution in [0.4, 0.5) is 5.88 Å². The fourth-order valence-corrected chi connectivity index (χ4v) is 3.56. The van der Waals surface area contributed by atoms with Gasteiger partial charge in [0, 0.05) is 25.2 Å². The highest BCUT2D eigenvalue weighted by atomic mass is 79.9. The highest BCUT2D eigenvalue weighted by molar-refractivity contribution is 9.10. The summed E-state index contributed by atoms with van der Waals surface area (Å²) in [5.41, 5.74) is 0. The van der Waals surface area contributed by atoms with Crippen LogP contribution in [0.3, 0.4) is 0 Å². The molecule has 2 saturated heterocycles. The van der Waals surface area contributed by atoms with Gasteiger partial charge in [0.15, 0.2) is 0 Å². The molecule has 20 heavy (non-hydrogen) atoms. The number of hydrogen-bond acceptors (Lipinski definition) is 6. The Balaban J connectivity index is 1.83. The van der Waals surface area contributed by atoms with Crippen molar-refractivity contribution in [1.82, 2.24) is 5.32 Å². The molecule has 0 atom stereocenters. The third-order valence-electron chi connectivity index (χ3n) is 2.90. The van der Waals surface area contributed by atoms with Crippen molar-refractivity contribution in [2.75, 3.05) is 31.2 Å². The van der Waals surface area contributed by atoms with E-state index in [0.717, 1.165) is 23.4 Å². The zero-order chi connectivity index (χ0) is 14.1. The van der Waals surface area contributed by atoms with Crippen LogP contribution in [0.5, 0.6) is 0 Å². The third-order valence-corrected chi connectivity index (χ3v) is 4.63. The average Bonchev–Trinajstić information content (AvgIpc) is 2.94. The maximum absolute atomic E-state index is 11.6. The molecule has 1 N–H and O–H groups in total. The van der Waals surface area contributed by atoms with Gasteiger partial charge in [-0.2, -0.15) is 0 Å². The Morgan fingerprint density at radius 3 is 2.85 bits per heavy atom. The lowest BCUT2D eigenvalue weighted by Crippen LogP contribution is -2.36. The molecule has 0 aromatic carbocycles. The number of nitrogens with zero attached hydrogens (tertiary/aromatic N) is 1. The second kappa shape index (κ2) is 5.88. The molecular formula is C12H11BrN2O3S2. The fraction of sp³-hybridized carbons (Fsp3) is 0.333. The van der Waals surface area contributed by atoms with E-state index >= 15 is 0 Å². The van der Waals surface area contributed by atoms with Gasteiger partial charge in [-0.05, 0) is 15.9 Å². The van der Waals surface area contributed by atoms with Gasteiger partial charge in [0.05, 0.1) is 22.6 Å². The number of thiocarbonyl (C=S) groups is 1. The summed E-state index contributed by atoms with van der Waals surface area (Å²) in [4.78, 5) is 14.3. The van der Waals surface area contributed by atoms with E-state index in [4.69, 9.17) is 21.4 Å². The van der Waals surface area contributed by atoms with Crippen LogP contribution in [-0.4, -0.2) is 36.5 Å². The molecule has 8 heteroatoms. The summed E-state index contributed by atoms with van der Waals surface area (Å²) in [6, 6.07) is 1.85. The predicted octanol–water partition coefficient (Wildman–Crippen LogP) is 2.37. The zero-order valence-corrected chi connectivity index (χ0v) is 13.6. The van der Waals surface area contributed by atoms with Crippen molar-refractivity contribution in [1.29, 1.82) is 0 Å². The number of carbonyl (C=O) groups excluding carboxylic acids is 1. The van der Waals surface area contributed by atoms with Gasteiger partial charge in [0.2, 0.25) is 5.88 Å². The Kier molecular flexibility index (Phi) is 4.16. The SMILES string of the molecule is O=C1NC(=S)S/C1=C/c1cc(Br)c(N2CCOCC2)o1. The lowest BCUT2D eigenvalue weighted by Gasteiger charge is -2.26. The summed E-state index contributed by atoms with van der Waals surface area (Å²) in [6.45, 7) is 2.97. The van der Waals surface area contributed by atoms with E-state index in [1.165, 1.54) is 11.8 Å². The monoisotopic (exact) mass is 374 g/mol. The standard InChI is InChI=1S/C12H11BrN2O3S2/c13-8-5-7(6-9-10(16)14-12(19)20-9)18-11(8)15-1-3-17-4-2-15/h5-6H,1-4H2,(H,14,16,19)/b9-6+. The number of anilines is 1. The Labute approximate surface area is 133 Å². The normalized spacial score (nSPS) is 21.6. The van der Waals surface area contributed by atoms with Gasteiger partial charge in [-0.1, -0.05) is 24.0 Å². The molecule has 2 aliphatic heterocycles. The molecule has 0 bridgehead atoms. The number of carbonyl (C=O) groups is 1. The molecule has 5 nitrogen and oxygen atoms in total. The van der Waals surface area contributed by atoms with Crippen molar-refractivity contribution in [3.63, 3.8) is 0 Å². The van der Waals surface area contributed by atoms with Gasteiger partial charge in [-0.25, -0.2) is 0 Å². The van der Waals surface area contributed by atoms with Crippen molar-refractivity contribution in [2.24, 2.45) is 0 Å². The maximum atomic E-state index is 11.6. The van der Waals surface area contributed by atoms with E-state index < -0.39 is 0 Å². The molecule has 0 saturated carbocycles. The molecule has 0 unspecified atom stereocenters. The highest BCUT2D eigenvalue weighted by Crippen LogP contribution is 2.33. The number of hydrogen-bond donors (Lipinski definition) is 1. The number of thioether (sulfide) groups is 1. The Morgan fingerprint density at radius 1 is 1.45 bits per heavy atom. The summed E-state index contributed by atoms with van der Waals surface area (Å²) >= 11 is 9.68. The third kappa shape index (κ3) is 2.93. The van der Waals surface area contributed by atoms with Gasteiger partial charge < -0.3 is 19.4 Å². The van der Waals surface area contributed by atoms with Crippen LogP contribution in [0.15, 0.2) is 19.9 Å². The van der Waals surface area contributed by atoms with Gasteiger partial charge in [-0.15, -0.1) is 0 Å². The summed E-state index contributed by atoms with van der Waals surface area (Å²) in [5.74, 6) is 1.22. The van der Waals surface area contributed by atoms with Crippen LogP contribution in [0.2, 0.25) is 0 Å². The summed E-state index contributed by atoms with van der Waals surface area (Å²) in [5, 5.41) is 2.58. The molecule has 2 fully saturated rings. The van der Waals surface area contributed by atoms with Crippen molar-refractivity contribution in [3.05, 3.63) is 21.2 Å². The highest BCUT2D eigenvalue weighted by Gasteiger charge is 2.24. The first kappa shape index (κ1) is 14.1. The number of furan rings is 1. The first-order chi connectivity index (χ1) is 9.63. The minimum Gasteiger partial charge on any atom is -0.440 e. The molecule has 0 radical (unpaired) electrons. The van der Waals surface area contributed by atoms with Crippen molar-refractivity contribution >= 4 is 62.1 Å². The van der Waals surface area contributed by atoms with Crippen LogP contribution in [0.25, 0.3) is 6.08 Å². The van der Waals surface area contributed by atoms with Crippen LogP contribution >= 0.6 is 39.9 Å². The molecule has 3 heterocycles. The van der Waals surface area contributed by atoms with E-state index in [1.54, 1.807) is 6.08 Å². The van der Waals surface area contributed by atoms with Crippen molar-refractivity contribution < 1.29 is 13.9 Å². The Bertz CT molecular complexity index is 594. The summed E-state index contributed by atoms with van der Waals surface area (Å²) in [7, 11) is 0. The Hall–Kier alpha value is -0.830. The van der Waals surface area contributed by atoms with Crippen LogP contribution in [0, 0.1) is 0 Å². The molecule has 3 rings (SSSR count). The molecule has 0 spiro atoms. The molecule has 1 aromatic heterocycles. The number of nitrogens with one attached hydrogen (secondary N) is 1. The van der Waals surface area contributed by atoms with E-state index in [9.17, 15) is 4.79 Å². The van der Waals surface area contributed by atoms with Crippen LogP contribution in [0.1, 0.15) is 5.76 Å². The van der Waals surface area contributed by atoms with Crippen LogP contribution < -0.4 is 10.2 Å². The number of amides is 1. The number of ether oxygens (including phenoxy) is 1. The first-order valence-corrected chi connectivity index (χ1v) is 8.02. The van der Waals surface area contributed by atoms with Gasteiger partial charge >= 0.3 is 0 Å². The second-order valence-corrected chi connectivity index (χ2v) is 6.83. The van der Waals surface area contributed by atoms with Crippen molar-refractivity contribution in [2.45, 2.75) is 0 Å². The van der Waals surface area contributed by atoms with Crippen molar-refractivity contribution in [3.8, 4) is 0 Å². The lowest BCUT2D eigenvalue weighted by molar-refractivity contribution is -0.115. The predicted molar refractivity (Wildman–Crippen MR) is 85.7 cm³/mol. The maximum Gasteiger partial charge on any atom is 0.263 e. The molecule has 106 valence electrons. The topological polar surface area (TPSA) is 54.7 Å². The zero-order valence-electron chi connectivity index (χ0n) is 10.3.